The van der Waals surface area contributed by atoms with E-state index in [-0.39, 0.29) is 5.91 Å². The van der Waals surface area contributed by atoms with E-state index in [1.54, 1.807) is 19.1 Å². The molecule has 0 fully saturated rings. The summed E-state index contributed by atoms with van der Waals surface area (Å²) in [5.74, 6) is -0.236. The Kier molecular flexibility index (Phi) is 5.30. The first kappa shape index (κ1) is 17.3. The van der Waals surface area contributed by atoms with Crippen molar-refractivity contribution in [2.24, 2.45) is 0 Å². The van der Waals surface area contributed by atoms with Crippen molar-refractivity contribution in [3.05, 3.63) is 53.7 Å². The second-order valence-electron chi connectivity index (χ2n) is 5.00. The van der Waals surface area contributed by atoms with Gasteiger partial charge in [0, 0.05) is 11.9 Å². The summed E-state index contributed by atoms with van der Waals surface area (Å²) in [5, 5.41) is 2.64. The van der Waals surface area contributed by atoms with Crippen molar-refractivity contribution in [3.8, 4) is 0 Å². The molecular formula is C16H15F3N2OS. The van der Waals surface area contributed by atoms with Crippen LogP contribution < -0.4 is 5.32 Å². The number of carbonyl (C=O) groups excluding carboxylic acids is 1. The normalized spacial score (nSPS) is 12.7. The molecule has 1 heterocycles. The summed E-state index contributed by atoms with van der Waals surface area (Å²) in [5.41, 5.74) is 0.950. The van der Waals surface area contributed by atoms with Crippen LogP contribution in [-0.4, -0.2) is 16.1 Å². The van der Waals surface area contributed by atoms with E-state index in [0.29, 0.717) is 10.7 Å². The summed E-state index contributed by atoms with van der Waals surface area (Å²) in [4.78, 5) is 15.8. The maximum Gasteiger partial charge on any atom is 0.417 e. The van der Waals surface area contributed by atoms with Crippen LogP contribution in [0.2, 0.25) is 0 Å². The number of aromatic nitrogens is 1. The van der Waals surface area contributed by atoms with Crippen LogP contribution in [-0.2, 0) is 11.0 Å². The lowest BCUT2D eigenvalue weighted by atomic mass is 10.2. The molecule has 1 atom stereocenters. The molecule has 7 heteroatoms. The van der Waals surface area contributed by atoms with Crippen LogP contribution in [0.25, 0.3) is 0 Å². The number of alkyl halides is 3. The van der Waals surface area contributed by atoms with Crippen molar-refractivity contribution in [1.82, 2.24) is 4.98 Å². The number of halogens is 3. The van der Waals surface area contributed by atoms with E-state index in [2.05, 4.69) is 10.3 Å². The Hall–Kier alpha value is -2.02. The van der Waals surface area contributed by atoms with Gasteiger partial charge in [-0.05, 0) is 38.1 Å². The Bertz CT molecular complexity index is 669. The molecule has 122 valence electrons. The average molecular weight is 340 g/mol. The number of rotatable bonds is 4. The Balaban J connectivity index is 1.96. The number of benzene rings is 1. The summed E-state index contributed by atoms with van der Waals surface area (Å²) in [7, 11) is 0. The molecule has 2 rings (SSSR count). The van der Waals surface area contributed by atoms with E-state index in [1.807, 2.05) is 19.1 Å². The molecule has 2 aromatic rings. The van der Waals surface area contributed by atoms with Gasteiger partial charge in [0.05, 0.1) is 15.8 Å². The van der Waals surface area contributed by atoms with Gasteiger partial charge < -0.3 is 5.32 Å². The van der Waals surface area contributed by atoms with Gasteiger partial charge in [0.2, 0.25) is 5.91 Å². The van der Waals surface area contributed by atoms with Crippen LogP contribution >= 0.6 is 11.8 Å². The summed E-state index contributed by atoms with van der Waals surface area (Å²) in [6, 6.07) is 9.57. The van der Waals surface area contributed by atoms with Crippen LogP contribution in [0.1, 0.15) is 18.1 Å². The summed E-state index contributed by atoms with van der Waals surface area (Å²) >= 11 is 1.10. The second kappa shape index (κ2) is 7.04. The molecule has 1 aromatic carbocycles. The maximum atomic E-state index is 12.5. The first-order valence-electron chi connectivity index (χ1n) is 6.83. The van der Waals surface area contributed by atoms with Crippen LogP contribution in [0.4, 0.5) is 18.9 Å². The van der Waals surface area contributed by atoms with Crippen molar-refractivity contribution in [1.29, 1.82) is 0 Å². The summed E-state index contributed by atoms with van der Waals surface area (Å²) in [6.45, 7) is 3.62. The van der Waals surface area contributed by atoms with Crippen molar-refractivity contribution in [2.75, 3.05) is 5.32 Å². The Labute approximate surface area is 136 Å². The zero-order valence-electron chi connectivity index (χ0n) is 12.5. The number of nitrogens with zero attached hydrogens (tertiary/aromatic N) is 1. The quantitative estimate of drug-likeness (QED) is 0.832. The molecule has 1 amide bonds. The molecule has 1 N–H and O–H groups in total. The molecule has 1 unspecified atom stereocenters. The maximum absolute atomic E-state index is 12.5. The molecule has 0 aliphatic carbocycles. The lowest BCUT2D eigenvalue weighted by Gasteiger charge is -2.12. The fourth-order valence-electron chi connectivity index (χ4n) is 1.73. The smallest absolute Gasteiger partial charge is 0.325 e. The number of thioether (sulfide) groups is 1. The molecule has 0 aliphatic heterocycles. The number of pyridine rings is 1. The third-order valence-electron chi connectivity index (χ3n) is 3.05. The van der Waals surface area contributed by atoms with Gasteiger partial charge in [0.25, 0.3) is 0 Å². The molecule has 0 spiro atoms. The summed E-state index contributed by atoms with van der Waals surface area (Å²) in [6.07, 6.45) is -3.64. The predicted octanol–water partition coefficient (Wildman–Crippen LogP) is 4.53. The van der Waals surface area contributed by atoms with Crippen molar-refractivity contribution in [3.63, 3.8) is 0 Å². The Morgan fingerprint density at radius 3 is 2.35 bits per heavy atom. The van der Waals surface area contributed by atoms with Crippen molar-refractivity contribution in [2.45, 2.75) is 30.3 Å². The Morgan fingerprint density at radius 1 is 1.17 bits per heavy atom. The fourth-order valence-corrected chi connectivity index (χ4v) is 2.52. The first-order valence-corrected chi connectivity index (χ1v) is 7.71. The first-order chi connectivity index (χ1) is 10.8. The number of aryl methyl sites for hydroxylation is 1. The standard InChI is InChI=1S/C16H15F3N2OS/c1-10-3-6-13(7-4-10)21-15(22)11(2)23-14-8-5-12(9-20-14)16(17,18)19/h3-9,11H,1-2H3,(H,21,22). The zero-order chi connectivity index (χ0) is 17.0. The lowest BCUT2D eigenvalue weighted by molar-refractivity contribution is -0.137. The van der Waals surface area contributed by atoms with Crippen LogP contribution in [0.15, 0.2) is 47.6 Å². The fraction of sp³-hybridized carbons (Fsp3) is 0.250. The third kappa shape index (κ3) is 4.99. The van der Waals surface area contributed by atoms with E-state index in [4.69, 9.17) is 0 Å². The highest BCUT2D eigenvalue weighted by Crippen LogP contribution is 2.30. The van der Waals surface area contributed by atoms with Gasteiger partial charge in [-0.3, -0.25) is 4.79 Å². The minimum Gasteiger partial charge on any atom is -0.325 e. The van der Waals surface area contributed by atoms with E-state index >= 15 is 0 Å². The van der Waals surface area contributed by atoms with Gasteiger partial charge in [0.1, 0.15) is 0 Å². The number of hydrogen-bond donors (Lipinski definition) is 1. The second-order valence-corrected chi connectivity index (χ2v) is 6.36. The van der Waals surface area contributed by atoms with E-state index in [9.17, 15) is 18.0 Å². The highest BCUT2D eigenvalue weighted by molar-refractivity contribution is 8.00. The Morgan fingerprint density at radius 2 is 1.83 bits per heavy atom. The predicted molar refractivity (Wildman–Crippen MR) is 84.4 cm³/mol. The molecule has 23 heavy (non-hydrogen) atoms. The monoisotopic (exact) mass is 340 g/mol. The molecule has 3 nitrogen and oxygen atoms in total. The number of carbonyl (C=O) groups is 1. The topological polar surface area (TPSA) is 42.0 Å². The molecule has 0 saturated carbocycles. The van der Waals surface area contributed by atoms with Crippen molar-refractivity contribution < 1.29 is 18.0 Å². The molecule has 0 radical (unpaired) electrons. The van der Waals surface area contributed by atoms with Gasteiger partial charge >= 0.3 is 6.18 Å². The largest absolute Gasteiger partial charge is 0.417 e. The highest BCUT2D eigenvalue weighted by atomic mass is 32.2. The van der Waals surface area contributed by atoms with Gasteiger partial charge in [-0.15, -0.1) is 0 Å². The molecule has 1 aromatic heterocycles. The number of nitrogens with one attached hydrogen (secondary N) is 1. The van der Waals surface area contributed by atoms with Crippen LogP contribution in [0.3, 0.4) is 0 Å². The van der Waals surface area contributed by atoms with E-state index in [1.165, 1.54) is 6.07 Å². The minimum absolute atomic E-state index is 0.236. The van der Waals surface area contributed by atoms with Gasteiger partial charge in [-0.2, -0.15) is 13.2 Å². The third-order valence-corrected chi connectivity index (χ3v) is 4.10. The van der Waals surface area contributed by atoms with Gasteiger partial charge in [-0.25, -0.2) is 4.98 Å². The summed E-state index contributed by atoms with van der Waals surface area (Å²) < 4.78 is 37.4. The molecule has 0 bridgehead atoms. The lowest BCUT2D eigenvalue weighted by Crippen LogP contribution is -2.22. The molecule has 0 aliphatic rings. The minimum atomic E-state index is -4.41. The number of hydrogen-bond acceptors (Lipinski definition) is 3. The van der Waals surface area contributed by atoms with Crippen LogP contribution in [0.5, 0.6) is 0 Å². The van der Waals surface area contributed by atoms with E-state index in [0.717, 1.165) is 29.6 Å². The highest BCUT2D eigenvalue weighted by Gasteiger charge is 2.30. The SMILES string of the molecule is Cc1ccc(NC(=O)C(C)Sc2ccc(C(F)(F)F)cn2)cc1. The van der Waals surface area contributed by atoms with Gasteiger partial charge in [-0.1, -0.05) is 29.5 Å². The zero-order valence-corrected chi connectivity index (χ0v) is 13.3. The molecule has 0 saturated heterocycles. The van der Waals surface area contributed by atoms with Crippen LogP contribution in [0, 0.1) is 6.92 Å². The van der Waals surface area contributed by atoms with Gasteiger partial charge in [0.15, 0.2) is 0 Å². The van der Waals surface area contributed by atoms with Crippen molar-refractivity contribution >= 4 is 23.4 Å². The molecular weight excluding hydrogens is 325 g/mol. The number of amides is 1. The number of anilines is 1. The van der Waals surface area contributed by atoms with E-state index < -0.39 is 17.0 Å². The average Bonchev–Trinajstić information content (AvgIpc) is 2.49.